The van der Waals surface area contributed by atoms with Crippen LogP contribution in [0.4, 0.5) is 0 Å². The molecule has 0 saturated heterocycles. The third kappa shape index (κ3) is 4.69. The van der Waals surface area contributed by atoms with E-state index in [9.17, 15) is 8.42 Å². The van der Waals surface area contributed by atoms with Crippen LogP contribution >= 0.6 is 0 Å². The van der Waals surface area contributed by atoms with Gasteiger partial charge in [-0.25, -0.2) is 13.1 Å². The lowest BCUT2D eigenvalue weighted by atomic mass is 9.82. The van der Waals surface area contributed by atoms with Gasteiger partial charge in [-0.3, -0.25) is 0 Å². The summed E-state index contributed by atoms with van der Waals surface area (Å²) in [5.41, 5.74) is 6.34. The van der Waals surface area contributed by atoms with Crippen molar-refractivity contribution in [3.8, 4) is 5.75 Å². The number of benzene rings is 1. The molecule has 0 aliphatic rings. The first-order chi connectivity index (χ1) is 9.61. The minimum Gasteiger partial charge on any atom is -0.496 e. The molecule has 21 heavy (non-hydrogen) atoms. The number of hydrogen-bond acceptors (Lipinski definition) is 4. The molecule has 1 aromatic carbocycles. The molecule has 0 radical (unpaired) electrons. The quantitative estimate of drug-likeness (QED) is 0.842. The number of nitrogens with one attached hydrogen (secondary N) is 1. The van der Waals surface area contributed by atoms with Crippen molar-refractivity contribution >= 4 is 10.0 Å². The van der Waals surface area contributed by atoms with Crippen LogP contribution in [0.5, 0.6) is 5.75 Å². The lowest BCUT2D eigenvalue weighted by Gasteiger charge is -2.27. The first kappa shape index (κ1) is 17.9. The zero-order valence-corrected chi connectivity index (χ0v) is 14.3. The van der Waals surface area contributed by atoms with Gasteiger partial charge in [-0.2, -0.15) is 0 Å². The van der Waals surface area contributed by atoms with Crippen LogP contribution in [-0.2, 0) is 16.6 Å². The molecule has 1 rings (SSSR count). The summed E-state index contributed by atoms with van der Waals surface area (Å²) in [7, 11) is -2.00. The normalized spacial score (nSPS) is 14.0. The van der Waals surface area contributed by atoms with Crippen LogP contribution in [0.2, 0.25) is 0 Å². The van der Waals surface area contributed by atoms with E-state index in [4.69, 9.17) is 10.5 Å². The van der Waals surface area contributed by atoms with Crippen LogP contribution in [0.15, 0.2) is 23.1 Å². The average molecular weight is 314 g/mol. The summed E-state index contributed by atoms with van der Waals surface area (Å²) in [4.78, 5) is 0.213. The van der Waals surface area contributed by atoms with Gasteiger partial charge in [0.2, 0.25) is 10.0 Å². The van der Waals surface area contributed by atoms with Crippen LogP contribution in [0, 0.1) is 11.3 Å². The lowest BCUT2D eigenvalue weighted by molar-refractivity contribution is 0.263. The topological polar surface area (TPSA) is 81.4 Å². The lowest BCUT2D eigenvalue weighted by Crippen LogP contribution is -2.33. The van der Waals surface area contributed by atoms with E-state index in [2.05, 4.69) is 25.5 Å². The highest BCUT2D eigenvalue weighted by atomic mass is 32.2. The second-order valence-corrected chi connectivity index (χ2v) is 8.06. The maximum Gasteiger partial charge on any atom is 0.240 e. The molecule has 6 heteroatoms. The van der Waals surface area contributed by atoms with Gasteiger partial charge in [-0.1, -0.05) is 27.7 Å². The van der Waals surface area contributed by atoms with Crippen LogP contribution in [0.25, 0.3) is 0 Å². The number of sulfonamides is 1. The third-order valence-electron chi connectivity index (χ3n) is 3.84. The highest BCUT2D eigenvalue weighted by Crippen LogP contribution is 2.26. The van der Waals surface area contributed by atoms with Crippen LogP contribution in [-0.4, -0.2) is 22.1 Å². The van der Waals surface area contributed by atoms with Gasteiger partial charge in [-0.05, 0) is 29.5 Å². The molecular weight excluding hydrogens is 288 g/mol. The molecule has 0 aliphatic carbocycles. The van der Waals surface area contributed by atoms with Gasteiger partial charge in [0.05, 0.1) is 12.0 Å². The second-order valence-electron chi connectivity index (χ2n) is 6.30. The predicted molar refractivity (Wildman–Crippen MR) is 84.7 cm³/mol. The Labute approximate surface area is 127 Å². The zero-order valence-electron chi connectivity index (χ0n) is 13.4. The van der Waals surface area contributed by atoms with Crippen molar-refractivity contribution in [3.05, 3.63) is 23.8 Å². The van der Waals surface area contributed by atoms with Gasteiger partial charge in [0.25, 0.3) is 0 Å². The van der Waals surface area contributed by atoms with Gasteiger partial charge in [0, 0.05) is 18.7 Å². The predicted octanol–water partition coefficient (Wildman–Crippen LogP) is 2.11. The van der Waals surface area contributed by atoms with E-state index >= 15 is 0 Å². The van der Waals surface area contributed by atoms with E-state index < -0.39 is 10.0 Å². The summed E-state index contributed by atoms with van der Waals surface area (Å²) in [6.45, 7) is 8.92. The van der Waals surface area contributed by atoms with E-state index in [0.717, 1.165) is 0 Å². The van der Waals surface area contributed by atoms with Crippen LogP contribution in [0.1, 0.15) is 33.3 Å². The fraction of sp³-hybridized carbons (Fsp3) is 0.600. The fourth-order valence-electron chi connectivity index (χ4n) is 1.71. The molecule has 3 N–H and O–H groups in total. The molecule has 1 atom stereocenters. The monoisotopic (exact) mass is 314 g/mol. The van der Waals surface area contributed by atoms with Crippen molar-refractivity contribution in [1.82, 2.24) is 4.72 Å². The van der Waals surface area contributed by atoms with E-state index in [1.807, 2.05) is 6.92 Å². The summed E-state index contributed by atoms with van der Waals surface area (Å²) < 4.78 is 32.5. The van der Waals surface area contributed by atoms with Crippen molar-refractivity contribution in [2.75, 3.05) is 13.7 Å². The molecule has 0 heterocycles. The summed E-state index contributed by atoms with van der Waals surface area (Å²) in [5, 5.41) is 0. The minimum atomic E-state index is -3.53. The van der Waals surface area contributed by atoms with Crippen molar-refractivity contribution in [2.45, 2.75) is 39.1 Å². The minimum absolute atomic E-state index is 0.0465. The highest BCUT2D eigenvalue weighted by Gasteiger charge is 2.23. The number of methoxy groups -OCH3 is 1. The number of ether oxygens (including phenoxy) is 1. The van der Waals surface area contributed by atoms with E-state index in [1.54, 1.807) is 12.1 Å². The molecule has 0 aromatic heterocycles. The summed E-state index contributed by atoms with van der Waals surface area (Å²) in [6.07, 6.45) is 0. The van der Waals surface area contributed by atoms with Gasteiger partial charge in [0.15, 0.2) is 0 Å². The summed E-state index contributed by atoms with van der Waals surface area (Å²) >= 11 is 0. The van der Waals surface area contributed by atoms with E-state index in [-0.39, 0.29) is 22.8 Å². The molecule has 0 fully saturated rings. The maximum atomic E-state index is 12.3. The number of rotatable bonds is 6. The SMILES string of the molecule is COc1ccc(S(=O)(=O)NCC(C)C(C)(C)C)cc1CN. The Balaban J connectivity index is 2.93. The smallest absolute Gasteiger partial charge is 0.240 e. The van der Waals surface area contributed by atoms with Crippen molar-refractivity contribution < 1.29 is 13.2 Å². The molecule has 0 spiro atoms. The van der Waals surface area contributed by atoms with Crippen molar-refractivity contribution in [1.29, 1.82) is 0 Å². The average Bonchev–Trinajstić information content (AvgIpc) is 2.42. The Morgan fingerprint density at radius 3 is 2.43 bits per heavy atom. The Morgan fingerprint density at radius 2 is 1.95 bits per heavy atom. The molecule has 0 aliphatic heterocycles. The molecule has 1 aromatic rings. The Kier molecular flexibility index (Phi) is 5.78. The Hall–Kier alpha value is -1.11. The zero-order chi connectivity index (χ0) is 16.3. The molecule has 1 unspecified atom stereocenters. The maximum absolute atomic E-state index is 12.3. The standard InChI is InChI=1S/C15H26N2O3S/c1-11(15(2,3)4)10-17-21(18,19)13-6-7-14(20-5)12(8-13)9-16/h6-8,11,17H,9-10,16H2,1-5H3. The van der Waals surface area contributed by atoms with Gasteiger partial charge < -0.3 is 10.5 Å². The molecule has 0 bridgehead atoms. The Morgan fingerprint density at radius 1 is 1.33 bits per heavy atom. The second kappa shape index (κ2) is 6.77. The van der Waals surface area contributed by atoms with Gasteiger partial charge in [0.1, 0.15) is 5.75 Å². The van der Waals surface area contributed by atoms with Crippen molar-refractivity contribution in [2.24, 2.45) is 17.1 Å². The number of nitrogens with two attached hydrogens (primary N) is 1. The number of hydrogen-bond donors (Lipinski definition) is 2. The third-order valence-corrected chi connectivity index (χ3v) is 5.26. The van der Waals surface area contributed by atoms with Crippen molar-refractivity contribution in [3.63, 3.8) is 0 Å². The van der Waals surface area contributed by atoms with E-state index in [0.29, 0.717) is 17.9 Å². The molecule has 0 saturated carbocycles. The van der Waals surface area contributed by atoms with Gasteiger partial charge in [-0.15, -0.1) is 0 Å². The van der Waals surface area contributed by atoms with Gasteiger partial charge >= 0.3 is 0 Å². The molecule has 0 amide bonds. The van der Waals surface area contributed by atoms with E-state index in [1.165, 1.54) is 13.2 Å². The first-order valence-electron chi connectivity index (χ1n) is 6.98. The highest BCUT2D eigenvalue weighted by molar-refractivity contribution is 7.89. The van der Waals surface area contributed by atoms with Crippen LogP contribution in [0.3, 0.4) is 0 Å². The molecule has 5 nitrogen and oxygen atoms in total. The first-order valence-corrected chi connectivity index (χ1v) is 8.46. The Bertz CT molecular complexity index is 577. The van der Waals surface area contributed by atoms with Crippen LogP contribution < -0.4 is 15.2 Å². The summed E-state index contributed by atoms with van der Waals surface area (Å²) in [6, 6.07) is 4.72. The fourth-order valence-corrected chi connectivity index (χ4v) is 2.89. The summed E-state index contributed by atoms with van der Waals surface area (Å²) in [5.74, 6) is 0.819. The molecule has 120 valence electrons. The molecular formula is C15H26N2O3S. The largest absolute Gasteiger partial charge is 0.496 e.